The summed E-state index contributed by atoms with van der Waals surface area (Å²) in [7, 11) is 3.17. The zero-order valence-corrected chi connectivity index (χ0v) is 14.4. The fraction of sp³-hybridized carbons (Fsp3) is 0.235. The van der Waals surface area contributed by atoms with Gasteiger partial charge in [-0.2, -0.15) is 0 Å². The second-order valence-corrected chi connectivity index (χ2v) is 6.19. The van der Waals surface area contributed by atoms with Crippen molar-refractivity contribution < 1.29 is 14.3 Å². The third-order valence-electron chi connectivity index (χ3n) is 3.99. The first-order valence-electron chi connectivity index (χ1n) is 7.13. The van der Waals surface area contributed by atoms with Crippen molar-refractivity contribution in [2.75, 3.05) is 19.1 Å². The summed E-state index contributed by atoms with van der Waals surface area (Å²) in [5.41, 5.74) is 7.78. The van der Waals surface area contributed by atoms with Crippen molar-refractivity contribution in [1.29, 1.82) is 0 Å². The minimum atomic E-state index is -0.559. The number of carbonyl (C=O) groups is 1. The molecular formula is C17H17BrN2O3. The van der Waals surface area contributed by atoms with Crippen LogP contribution in [-0.2, 0) is 4.79 Å². The lowest BCUT2D eigenvalue weighted by molar-refractivity contribution is -0.126. The number of halogens is 1. The Balaban J connectivity index is 1.97. The maximum absolute atomic E-state index is 12.2. The smallest absolute Gasteiger partial charge is 0.247 e. The summed E-state index contributed by atoms with van der Waals surface area (Å²) in [5.74, 6) is 1.17. The van der Waals surface area contributed by atoms with Gasteiger partial charge in [0, 0.05) is 10.2 Å². The van der Waals surface area contributed by atoms with Gasteiger partial charge in [0.05, 0.1) is 20.3 Å². The molecule has 6 heteroatoms. The van der Waals surface area contributed by atoms with Gasteiger partial charge in [-0.25, -0.2) is 0 Å². The molecule has 0 spiro atoms. The normalized spacial score (nSPS) is 20.2. The Morgan fingerprint density at radius 2 is 1.70 bits per heavy atom. The summed E-state index contributed by atoms with van der Waals surface area (Å²) < 4.78 is 11.6. The third-order valence-corrected chi connectivity index (χ3v) is 4.52. The Hall–Kier alpha value is -2.05. The summed E-state index contributed by atoms with van der Waals surface area (Å²) in [4.78, 5) is 13.9. The van der Waals surface area contributed by atoms with Gasteiger partial charge in [-0.3, -0.25) is 4.79 Å². The number of ether oxygens (including phenoxy) is 2. The van der Waals surface area contributed by atoms with E-state index in [1.165, 1.54) is 0 Å². The highest BCUT2D eigenvalue weighted by atomic mass is 79.9. The van der Waals surface area contributed by atoms with E-state index in [0.29, 0.717) is 11.5 Å². The van der Waals surface area contributed by atoms with Gasteiger partial charge in [-0.05, 0) is 42.0 Å². The topological polar surface area (TPSA) is 64.8 Å². The molecule has 2 aromatic rings. The maximum Gasteiger partial charge on any atom is 0.247 e. The molecule has 2 N–H and O–H groups in total. The van der Waals surface area contributed by atoms with Gasteiger partial charge in [0.15, 0.2) is 11.5 Å². The second-order valence-electron chi connectivity index (χ2n) is 5.27. The van der Waals surface area contributed by atoms with Crippen LogP contribution in [0.15, 0.2) is 46.9 Å². The summed E-state index contributed by atoms with van der Waals surface area (Å²) >= 11 is 3.40. The van der Waals surface area contributed by atoms with E-state index in [1.54, 1.807) is 19.1 Å². The summed E-state index contributed by atoms with van der Waals surface area (Å²) in [6.45, 7) is 0. The molecule has 2 atom stereocenters. The Morgan fingerprint density at radius 1 is 1.04 bits per heavy atom. The molecular weight excluding hydrogens is 360 g/mol. The summed E-state index contributed by atoms with van der Waals surface area (Å²) in [5, 5.41) is 0. The van der Waals surface area contributed by atoms with Crippen molar-refractivity contribution in [2.24, 2.45) is 5.73 Å². The van der Waals surface area contributed by atoms with Crippen molar-refractivity contribution in [2.45, 2.75) is 12.1 Å². The van der Waals surface area contributed by atoms with Crippen LogP contribution in [0.1, 0.15) is 11.6 Å². The number of nitrogens with two attached hydrogens (primary N) is 1. The van der Waals surface area contributed by atoms with Gasteiger partial charge in [0.25, 0.3) is 0 Å². The van der Waals surface area contributed by atoms with Crippen LogP contribution in [0.3, 0.4) is 0 Å². The molecule has 1 aliphatic heterocycles. The van der Waals surface area contributed by atoms with Crippen LogP contribution in [0.25, 0.3) is 0 Å². The quantitative estimate of drug-likeness (QED) is 0.833. The Kier molecular flexibility index (Phi) is 4.28. The lowest BCUT2D eigenvalue weighted by Crippen LogP contribution is -2.63. The van der Waals surface area contributed by atoms with Gasteiger partial charge in [-0.1, -0.05) is 22.0 Å². The number of nitrogens with zero attached hydrogens (tertiary/aromatic N) is 1. The van der Waals surface area contributed by atoms with Gasteiger partial charge >= 0.3 is 0 Å². The first kappa shape index (κ1) is 15.8. The molecule has 3 rings (SSSR count). The summed E-state index contributed by atoms with van der Waals surface area (Å²) in [6, 6.07) is 12.4. The van der Waals surface area contributed by atoms with E-state index < -0.39 is 6.04 Å². The second kappa shape index (κ2) is 6.22. The minimum Gasteiger partial charge on any atom is -0.493 e. The standard InChI is InChI=1S/C17H17BrN2O3/c1-22-13-8-3-10(9-14(13)23-2)16-15(19)17(21)20(16)12-6-4-11(18)5-7-12/h3-9,15-16H,19H2,1-2H3/t15-,16-/m1/s1. The highest BCUT2D eigenvalue weighted by Gasteiger charge is 2.46. The number of amides is 1. The molecule has 1 fully saturated rings. The Labute approximate surface area is 143 Å². The Bertz CT molecular complexity index is 733. The molecule has 5 nitrogen and oxygen atoms in total. The average Bonchev–Trinajstić information content (AvgIpc) is 2.59. The van der Waals surface area contributed by atoms with E-state index in [-0.39, 0.29) is 11.9 Å². The lowest BCUT2D eigenvalue weighted by atomic mass is 9.88. The van der Waals surface area contributed by atoms with Crippen molar-refractivity contribution in [3.05, 3.63) is 52.5 Å². The van der Waals surface area contributed by atoms with Crippen LogP contribution in [0.4, 0.5) is 5.69 Å². The highest BCUT2D eigenvalue weighted by Crippen LogP contribution is 2.41. The molecule has 0 aromatic heterocycles. The van der Waals surface area contributed by atoms with Crippen LogP contribution in [0.5, 0.6) is 11.5 Å². The molecule has 0 aliphatic carbocycles. The maximum atomic E-state index is 12.2. The van der Waals surface area contributed by atoms with Crippen molar-refractivity contribution >= 4 is 27.5 Å². The summed E-state index contributed by atoms with van der Waals surface area (Å²) in [6.07, 6.45) is 0. The SMILES string of the molecule is COc1ccc([C@@H]2[C@@H](N)C(=O)N2c2ccc(Br)cc2)cc1OC. The molecule has 1 heterocycles. The zero-order chi connectivity index (χ0) is 16.6. The molecule has 23 heavy (non-hydrogen) atoms. The Morgan fingerprint density at radius 3 is 2.30 bits per heavy atom. The number of hydrogen-bond donors (Lipinski definition) is 1. The van der Waals surface area contributed by atoms with E-state index in [1.807, 2.05) is 42.5 Å². The van der Waals surface area contributed by atoms with Gasteiger partial charge in [0.2, 0.25) is 5.91 Å². The average molecular weight is 377 g/mol. The van der Waals surface area contributed by atoms with E-state index in [9.17, 15) is 4.79 Å². The number of carbonyl (C=O) groups excluding carboxylic acids is 1. The van der Waals surface area contributed by atoms with Crippen molar-refractivity contribution in [3.8, 4) is 11.5 Å². The molecule has 0 unspecified atom stereocenters. The number of methoxy groups -OCH3 is 2. The van der Waals surface area contributed by atoms with Crippen molar-refractivity contribution in [1.82, 2.24) is 0 Å². The lowest BCUT2D eigenvalue weighted by Gasteiger charge is -2.45. The molecule has 0 bridgehead atoms. The first-order chi connectivity index (χ1) is 11.1. The fourth-order valence-corrected chi connectivity index (χ4v) is 3.06. The minimum absolute atomic E-state index is 0.0906. The monoisotopic (exact) mass is 376 g/mol. The zero-order valence-electron chi connectivity index (χ0n) is 12.8. The molecule has 1 aliphatic rings. The van der Waals surface area contributed by atoms with Gasteiger partial charge in [-0.15, -0.1) is 0 Å². The number of rotatable bonds is 4. The van der Waals surface area contributed by atoms with E-state index in [2.05, 4.69) is 15.9 Å². The molecule has 0 saturated carbocycles. The van der Waals surface area contributed by atoms with Gasteiger partial charge in [0.1, 0.15) is 6.04 Å². The van der Waals surface area contributed by atoms with E-state index in [0.717, 1.165) is 15.7 Å². The molecule has 1 saturated heterocycles. The van der Waals surface area contributed by atoms with E-state index in [4.69, 9.17) is 15.2 Å². The largest absolute Gasteiger partial charge is 0.493 e. The highest BCUT2D eigenvalue weighted by molar-refractivity contribution is 9.10. The molecule has 0 radical (unpaired) electrons. The first-order valence-corrected chi connectivity index (χ1v) is 7.92. The van der Waals surface area contributed by atoms with Crippen LogP contribution in [0, 0.1) is 0 Å². The van der Waals surface area contributed by atoms with E-state index >= 15 is 0 Å². The molecule has 2 aromatic carbocycles. The van der Waals surface area contributed by atoms with Crippen LogP contribution in [-0.4, -0.2) is 26.2 Å². The number of hydrogen-bond acceptors (Lipinski definition) is 4. The predicted molar refractivity (Wildman–Crippen MR) is 91.9 cm³/mol. The number of β-lactam (4-membered cyclic amide) rings is 1. The van der Waals surface area contributed by atoms with Crippen molar-refractivity contribution in [3.63, 3.8) is 0 Å². The molecule has 120 valence electrons. The van der Waals surface area contributed by atoms with Crippen LogP contribution >= 0.6 is 15.9 Å². The number of anilines is 1. The predicted octanol–water partition coefficient (Wildman–Crippen LogP) is 2.88. The molecule has 1 amide bonds. The van der Waals surface area contributed by atoms with Crippen LogP contribution in [0.2, 0.25) is 0 Å². The van der Waals surface area contributed by atoms with Crippen LogP contribution < -0.4 is 20.1 Å². The fourth-order valence-electron chi connectivity index (χ4n) is 2.79. The van der Waals surface area contributed by atoms with Gasteiger partial charge < -0.3 is 20.1 Å². The third kappa shape index (κ3) is 2.68. The number of benzene rings is 2.